The maximum Gasteiger partial charge on any atom is 0.455 e. The lowest BCUT2D eigenvalue weighted by Crippen LogP contribution is -2.53. The van der Waals surface area contributed by atoms with E-state index < -0.39 is 45.7 Å². The molecule has 0 aliphatic heterocycles. The molecule has 1 aliphatic rings. The first-order valence-electron chi connectivity index (χ1n) is 7.77. The van der Waals surface area contributed by atoms with Crippen molar-refractivity contribution in [2.24, 2.45) is 10.3 Å². The van der Waals surface area contributed by atoms with Crippen LogP contribution in [-0.2, 0) is 19.5 Å². The number of ether oxygens (including phenoxy) is 2. The third-order valence-electron chi connectivity index (χ3n) is 3.64. The minimum atomic E-state index is -6.51. The quantitative estimate of drug-likeness (QED) is 0.322. The van der Waals surface area contributed by atoms with Gasteiger partial charge in [0.25, 0.3) is 0 Å². The predicted molar refractivity (Wildman–Crippen MR) is 76.5 cm³/mol. The van der Waals surface area contributed by atoms with Gasteiger partial charge in [-0.1, -0.05) is 19.3 Å². The van der Waals surface area contributed by atoms with Gasteiger partial charge in [0.1, 0.15) is 0 Å². The molecule has 1 fully saturated rings. The van der Waals surface area contributed by atoms with Gasteiger partial charge >= 0.3 is 33.9 Å². The molecular formula is C13H17F8NO4S. The molecule has 1 saturated carbocycles. The predicted octanol–water partition coefficient (Wildman–Crippen LogP) is 4.39. The molecule has 27 heavy (non-hydrogen) atoms. The molecule has 5 nitrogen and oxygen atoms in total. The summed E-state index contributed by atoms with van der Waals surface area (Å²) in [5.74, 6) is -1.52. The van der Waals surface area contributed by atoms with Crippen molar-refractivity contribution >= 4 is 15.9 Å². The van der Waals surface area contributed by atoms with Crippen molar-refractivity contribution in [1.29, 1.82) is 0 Å². The number of sulfonamides is 1. The van der Waals surface area contributed by atoms with Crippen LogP contribution in [0.3, 0.4) is 0 Å². The molecule has 0 saturated heterocycles. The molecule has 1 rings (SSSR count). The van der Waals surface area contributed by atoms with Crippen LogP contribution in [0.2, 0.25) is 0 Å². The molecule has 0 atom stereocenters. The topological polar surface area (TPSA) is 65.0 Å². The molecule has 0 N–H and O–H groups in total. The van der Waals surface area contributed by atoms with Gasteiger partial charge in [0.15, 0.2) is 0 Å². The maximum absolute atomic E-state index is 13.7. The van der Waals surface area contributed by atoms with Gasteiger partial charge in [-0.25, -0.2) is 13.5 Å². The van der Waals surface area contributed by atoms with Crippen LogP contribution in [-0.4, -0.2) is 44.8 Å². The second kappa shape index (κ2) is 8.45. The first-order chi connectivity index (χ1) is 12.2. The fourth-order valence-corrected chi connectivity index (χ4v) is 3.21. The molecule has 0 aromatic carbocycles. The number of rotatable bonds is 8. The lowest BCUT2D eigenvalue weighted by molar-refractivity contribution is -0.435. The first-order valence-corrected chi connectivity index (χ1v) is 9.21. The fraction of sp³-hybridized carbons (Fsp3) is 0.923. The second-order valence-electron chi connectivity index (χ2n) is 5.67. The minimum Gasteiger partial charge on any atom is -0.480 e. The number of alkyl halides is 8. The number of nitrogens with zero attached hydrogens (tertiary/aromatic N) is 1. The molecule has 0 heterocycles. The van der Waals surface area contributed by atoms with Crippen LogP contribution in [0.4, 0.5) is 35.1 Å². The molecule has 0 unspecified atom stereocenters. The van der Waals surface area contributed by atoms with Gasteiger partial charge in [0.05, 0.1) is 6.61 Å². The van der Waals surface area contributed by atoms with E-state index in [1.54, 1.807) is 0 Å². The van der Waals surface area contributed by atoms with Gasteiger partial charge in [0.2, 0.25) is 5.90 Å². The normalized spacial score (nSPS) is 18.8. The summed E-state index contributed by atoms with van der Waals surface area (Å²) in [6.45, 7) is 1.12. The van der Waals surface area contributed by atoms with Crippen molar-refractivity contribution in [3.05, 3.63) is 0 Å². The Balaban J connectivity index is 3.23. The van der Waals surface area contributed by atoms with E-state index in [-0.39, 0.29) is 19.4 Å². The summed E-state index contributed by atoms with van der Waals surface area (Å²) in [6, 6.07) is 0. The van der Waals surface area contributed by atoms with E-state index in [9.17, 15) is 43.5 Å². The Hall–Kier alpha value is -1.18. The monoisotopic (exact) mass is 435 g/mol. The summed E-state index contributed by atoms with van der Waals surface area (Å²) < 4.78 is 136. The molecule has 0 bridgehead atoms. The van der Waals surface area contributed by atoms with E-state index in [4.69, 9.17) is 4.74 Å². The zero-order chi connectivity index (χ0) is 21.1. The lowest BCUT2D eigenvalue weighted by Gasteiger charge is -2.28. The van der Waals surface area contributed by atoms with Crippen LogP contribution in [0.1, 0.15) is 39.0 Å². The zero-order valence-corrected chi connectivity index (χ0v) is 14.7. The standard InChI is InChI=1S/C13H17F8NO4S/c1-2-25-9(8-6-4-3-5-7-8)22-27(23,24)13(20,21)12(18,19)26-11(16,17)10(14)15/h8,10H,2-7H2,1H3/b22-9-. The Morgan fingerprint density at radius 3 is 2.04 bits per heavy atom. The van der Waals surface area contributed by atoms with Crippen LogP contribution in [0, 0.1) is 5.92 Å². The number of hydrogen-bond acceptors (Lipinski definition) is 4. The van der Waals surface area contributed by atoms with Crippen molar-refractivity contribution in [1.82, 2.24) is 0 Å². The highest BCUT2D eigenvalue weighted by Crippen LogP contribution is 2.45. The summed E-state index contributed by atoms with van der Waals surface area (Å²) in [6.07, 6.45) is -14.9. The van der Waals surface area contributed by atoms with Crippen LogP contribution >= 0.6 is 0 Å². The first kappa shape index (κ1) is 23.9. The molecule has 160 valence electrons. The third kappa shape index (κ3) is 5.42. The highest BCUT2D eigenvalue weighted by atomic mass is 32.2. The Labute approximate surface area is 149 Å². The lowest BCUT2D eigenvalue weighted by atomic mass is 9.89. The van der Waals surface area contributed by atoms with Gasteiger partial charge in [0, 0.05) is 5.92 Å². The smallest absolute Gasteiger partial charge is 0.455 e. The zero-order valence-electron chi connectivity index (χ0n) is 13.9. The molecule has 0 aromatic heterocycles. The Bertz CT molecular complexity index is 632. The minimum absolute atomic E-state index is 0.229. The third-order valence-corrected chi connectivity index (χ3v) is 4.94. The van der Waals surface area contributed by atoms with Gasteiger partial charge in [-0.05, 0) is 19.8 Å². The summed E-state index contributed by atoms with van der Waals surface area (Å²) >= 11 is 0. The average molecular weight is 435 g/mol. The van der Waals surface area contributed by atoms with Crippen LogP contribution in [0.15, 0.2) is 4.40 Å². The van der Waals surface area contributed by atoms with E-state index in [0.717, 1.165) is 6.42 Å². The summed E-state index contributed by atoms with van der Waals surface area (Å²) in [5, 5.41) is -6.35. The molecule has 0 spiro atoms. The summed E-state index contributed by atoms with van der Waals surface area (Å²) in [5.41, 5.74) is 0. The summed E-state index contributed by atoms with van der Waals surface area (Å²) in [4.78, 5) is 0. The van der Waals surface area contributed by atoms with E-state index in [0.29, 0.717) is 12.8 Å². The molecule has 0 amide bonds. The van der Waals surface area contributed by atoms with E-state index in [1.807, 2.05) is 0 Å². The maximum atomic E-state index is 13.7. The molecule has 0 radical (unpaired) electrons. The average Bonchev–Trinajstić information content (AvgIpc) is 2.53. The van der Waals surface area contributed by atoms with Gasteiger partial charge in [-0.3, -0.25) is 0 Å². The number of hydrogen-bond donors (Lipinski definition) is 0. The van der Waals surface area contributed by atoms with Crippen molar-refractivity contribution in [3.8, 4) is 0 Å². The molecule has 0 aromatic rings. The van der Waals surface area contributed by atoms with Crippen molar-refractivity contribution in [3.63, 3.8) is 0 Å². The summed E-state index contributed by atoms with van der Waals surface area (Å²) in [7, 11) is -6.51. The van der Waals surface area contributed by atoms with Crippen molar-refractivity contribution in [2.75, 3.05) is 6.61 Å². The van der Waals surface area contributed by atoms with Crippen LogP contribution in [0.5, 0.6) is 0 Å². The Kier molecular flexibility index (Phi) is 7.47. The number of halogens is 8. The fourth-order valence-electron chi connectivity index (χ4n) is 2.32. The highest BCUT2D eigenvalue weighted by molar-refractivity contribution is 7.91. The molecule has 14 heteroatoms. The molecule has 1 aliphatic carbocycles. The van der Waals surface area contributed by atoms with Crippen molar-refractivity contribution < 1.29 is 53.0 Å². The van der Waals surface area contributed by atoms with E-state index >= 15 is 0 Å². The largest absolute Gasteiger partial charge is 0.480 e. The van der Waals surface area contributed by atoms with Crippen LogP contribution < -0.4 is 0 Å². The van der Waals surface area contributed by atoms with E-state index in [2.05, 4.69) is 9.13 Å². The van der Waals surface area contributed by atoms with Gasteiger partial charge in [-0.15, -0.1) is 4.40 Å². The van der Waals surface area contributed by atoms with Gasteiger partial charge in [-0.2, -0.15) is 34.8 Å². The Morgan fingerprint density at radius 2 is 1.59 bits per heavy atom. The van der Waals surface area contributed by atoms with E-state index in [1.165, 1.54) is 6.92 Å². The van der Waals surface area contributed by atoms with Gasteiger partial charge < -0.3 is 4.74 Å². The Morgan fingerprint density at radius 1 is 1.07 bits per heavy atom. The van der Waals surface area contributed by atoms with Crippen molar-refractivity contribution in [2.45, 2.75) is 62.9 Å². The highest BCUT2D eigenvalue weighted by Gasteiger charge is 2.72. The SMILES string of the molecule is CCO/C(=N\S(=O)(=O)C(F)(F)C(F)(F)OC(F)(F)C(F)F)C1CCCCC1. The van der Waals surface area contributed by atoms with Crippen LogP contribution in [0.25, 0.3) is 0 Å². The second-order valence-corrected chi connectivity index (χ2v) is 7.32. The molecular weight excluding hydrogens is 418 g/mol.